The van der Waals surface area contributed by atoms with Crippen LogP contribution in [0.15, 0.2) is 18.3 Å². The Balaban J connectivity index is 2.20. The van der Waals surface area contributed by atoms with E-state index in [1.165, 1.54) is 10.9 Å². The van der Waals surface area contributed by atoms with Crippen molar-refractivity contribution in [2.45, 2.75) is 12.5 Å². The fourth-order valence-electron chi connectivity index (χ4n) is 1.58. The van der Waals surface area contributed by atoms with Crippen LogP contribution in [0.25, 0.3) is 0 Å². The highest BCUT2D eigenvalue weighted by Crippen LogP contribution is 2.16. The maximum Gasteiger partial charge on any atom is 0.176 e. The number of hydrogen-bond donors (Lipinski definition) is 1. The number of aromatic nitrogens is 5. The molecule has 0 aliphatic heterocycles. The summed E-state index contributed by atoms with van der Waals surface area (Å²) in [5.74, 6) is 0.215. The molecule has 7 heteroatoms. The fourth-order valence-corrected chi connectivity index (χ4v) is 1.58. The Morgan fingerprint density at radius 2 is 2.35 bits per heavy atom. The van der Waals surface area contributed by atoms with Crippen molar-refractivity contribution < 1.29 is 4.39 Å². The summed E-state index contributed by atoms with van der Waals surface area (Å²) in [6.07, 6.45) is 2.01. The SMILES string of the molecule is CNC(Cc1nnn(C)n1)c1ncccc1F. The number of rotatable bonds is 4. The van der Waals surface area contributed by atoms with Crippen LogP contribution in [-0.2, 0) is 13.5 Å². The summed E-state index contributed by atoms with van der Waals surface area (Å²) >= 11 is 0. The highest BCUT2D eigenvalue weighted by atomic mass is 19.1. The number of hydrogen-bond acceptors (Lipinski definition) is 5. The van der Waals surface area contributed by atoms with E-state index in [0.29, 0.717) is 17.9 Å². The second-order valence-corrected chi connectivity index (χ2v) is 3.61. The van der Waals surface area contributed by atoms with E-state index >= 15 is 0 Å². The van der Waals surface area contributed by atoms with E-state index in [0.717, 1.165) is 0 Å². The Kier molecular flexibility index (Phi) is 3.38. The molecule has 0 aliphatic carbocycles. The van der Waals surface area contributed by atoms with Gasteiger partial charge < -0.3 is 5.32 Å². The van der Waals surface area contributed by atoms with Crippen LogP contribution in [0.2, 0.25) is 0 Å². The number of tetrazole rings is 1. The van der Waals surface area contributed by atoms with Crippen molar-refractivity contribution in [3.63, 3.8) is 0 Å². The molecule has 0 bridgehead atoms. The highest BCUT2D eigenvalue weighted by Gasteiger charge is 2.17. The van der Waals surface area contributed by atoms with Crippen LogP contribution < -0.4 is 5.32 Å². The molecule has 0 amide bonds. The first-order chi connectivity index (χ1) is 8.20. The minimum Gasteiger partial charge on any atom is -0.311 e. The summed E-state index contributed by atoms with van der Waals surface area (Å²) in [6, 6.07) is 2.68. The minimum atomic E-state index is -0.337. The Labute approximate surface area is 97.9 Å². The zero-order valence-corrected chi connectivity index (χ0v) is 9.63. The van der Waals surface area contributed by atoms with Crippen molar-refractivity contribution in [1.82, 2.24) is 30.5 Å². The quantitative estimate of drug-likeness (QED) is 0.824. The number of halogens is 1. The zero-order valence-electron chi connectivity index (χ0n) is 9.63. The van der Waals surface area contributed by atoms with Gasteiger partial charge in [0.1, 0.15) is 5.82 Å². The third-order valence-electron chi connectivity index (χ3n) is 2.40. The molecule has 6 nitrogen and oxygen atoms in total. The maximum atomic E-state index is 13.6. The van der Waals surface area contributed by atoms with Crippen LogP contribution in [0.3, 0.4) is 0 Å². The molecule has 2 aromatic heterocycles. The van der Waals surface area contributed by atoms with Crippen molar-refractivity contribution in [3.05, 3.63) is 35.7 Å². The molecule has 0 aliphatic rings. The molecule has 1 unspecified atom stereocenters. The molecule has 90 valence electrons. The Morgan fingerprint density at radius 3 is 2.94 bits per heavy atom. The Morgan fingerprint density at radius 1 is 1.53 bits per heavy atom. The summed E-state index contributed by atoms with van der Waals surface area (Å²) in [7, 11) is 3.43. The lowest BCUT2D eigenvalue weighted by Crippen LogP contribution is -2.22. The smallest absolute Gasteiger partial charge is 0.176 e. The van der Waals surface area contributed by atoms with Crippen LogP contribution in [0, 0.1) is 5.82 Å². The molecule has 0 aromatic carbocycles. The van der Waals surface area contributed by atoms with Crippen LogP contribution in [0.5, 0.6) is 0 Å². The van der Waals surface area contributed by atoms with Gasteiger partial charge >= 0.3 is 0 Å². The van der Waals surface area contributed by atoms with Gasteiger partial charge in [-0.25, -0.2) is 4.39 Å². The molecule has 1 atom stereocenters. The molecule has 0 saturated heterocycles. The summed E-state index contributed by atoms with van der Waals surface area (Å²) in [4.78, 5) is 5.40. The van der Waals surface area contributed by atoms with Gasteiger partial charge in [0.15, 0.2) is 5.82 Å². The van der Waals surface area contributed by atoms with E-state index < -0.39 is 0 Å². The van der Waals surface area contributed by atoms with Crippen molar-refractivity contribution in [2.75, 3.05) is 7.05 Å². The van der Waals surface area contributed by atoms with E-state index in [1.807, 2.05) is 0 Å². The second kappa shape index (κ2) is 4.96. The normalized spacial score (nSPS) is 12.6. The van der Waals surface area contributed by atoms with Gasteiger partial charge in [-0.05, 0) is 24.4 Å². The number of nitrogens with zero attached hydrogens (tertiary/aromatic N) is 5. The van der Waals surface area contributed by atoms with Crippen molar-refractivity contribution in [3.8, 4) is 0 Å². The molecule has 0 radical (unpaired) electrons. The molecule has 0 fully saturated rings. The molecular formula is C10H13FN6. The molecule has 2 rings (SSSR count). The highest BCUT2D eigenvalue weighted by molar-refractivity contribution is 5.13. The third-order valence-corrected chi connectivity index (χ3v) is 2.40. The van der Waals surface area contributed by atoms with Gasteiger partial charge in [0.25, 0.3) is 0 Å². The summed E-state index contributed by atoms with van der Waals surface area (Å²) < 4.78 is 13.6. The summed E-state index contributed by atoms with van der Waals surface area (Å²) in [5.41, 5.74) is 0.363. The average Bonchev–Trinajstić information content (AvgIpc) is 2.73. The van der Waals surface area contributed by atoms with Crippen LogP contribution in [0.4, 0.5) is 4.39 Å². The first-order valence-electron chi connectivity index (χ1n) is 5.21. The van der Waals surface area contributed by atoms with Crippen molar-refractivity contribution >= 4 is 0 Å². The molecule has 0 saturated carbocycles. The minimum absolute atomic E-state index is 0.264. The predicted octanol–water partition coefficient (Wildman–Crippen LogP) is 0.247. The molecule has 2 heterocycles. The van der Waals surface area contributed by atoms with Crippen molar-refractivity contribution in [2.24, 2.45) is 7.05 Å². The first-order valence-corrected chi connectivity index (χ1v) is 5.21. The standard InChI is InChI=1S/C10H13FN6/c1-12-8(6-9-14-16-17(2)15-9)10-7(11)4-3-5-13-10/h3-5,8,12H,6H2,1-2H3. The lowest BCUT2D eigenvalue weighted by Gasteiger charge is -2.13. The van der Waals surface area contributed by atoms with E-state index in [-0.39, 0.29) is 11.9 Å². The summed E-state index contributed by atoms with van der Waals surface area (Å²) in [6.45, 7) is 0. The summed E-state index contributed by atoms with van der Waals surface area (Å²) in [5, 5.41) is 14.7. The second-order valence-electron chi connectivity index (χ2n) is 3.61. The number of pyridine rings is 1. The average molecular weight is 236 g/mol. The van der Waals surface area contributed by atoms with Gasteiger partial charge in [-0.1, -0.05) is 0 Å². The van der Waals surface area contributed by atoms with Crippen LogP contribution in [-0.4, -0.2) is 32.2 Å². The predicted molar refractivity (Wildman–Crippen MR) is 58.5 cm³/mol. The van der Waals surface area contributed by atoms with E-state index in [9.17, 15) is 4.39 Å². The maximum absolute atomic E-state index is 13.6. The topological polar surface area (TPSA) is 68.5 Å². The molecular weight excluding hydrogens is 223 g/mol. The van der Waals surface area contributed by atoms with Crippen molar-refractivity contribution in [1.29, 1.82) is 0 Å². The number of likely N-dealkylation sites (N-methyl/N-ethyl adjacent to an activating group) is 1. The molecule has 0 spiro atoms. The van der Waals surface area contributed by atoms with Gasteiger partial charge in [-0.3, -0.25) is 4.98 Å². The lowest BCUT2D eigenvalue weighted by atomic mass is 10.1. The van der Waals surface area contributed by atoms with Crippen LogP contribution in [0.1, 0.15) is 17.6 Å². The largest absolute Gasteiger partial charge is 0.311 e. The molecule has 17 heavy (non-hydrogen) atoms. The number of aryl methyl sites for hydroxylation is 1. The monoisotopic (exact) mass is 236 g/mol. The van der Waals surface area contributed by atoms with Gasteiger partial charge in [0.05, 0.1) is 18.8 Å². The van der Waals surface area contributed by atoms with E-state index in [1.54, 1.807) is 26.4 Å². The first kappa shape index (κ1) is 11.6. The molecule has 2 aromatic rings. The molecule has 1 N–H and O–H groups in total. The van der Waals surface area contributed by atoms with Gasteiger partial charge in [-0.2, -0.15) is 4.80 Å². The Bertz CT molecular complexity index is 497. The van der Waals surface area contributed by atoms with E-state index in [4.69, 9.17) is 0 Å². The van der Waals surface area contributed by atoms with Gasteiger partial charge in [0.2, 0.25) is 0 Å². The van der Waals surface area contributed by atoms with E-state index in [2.05, 4.69) is 25.7 Å². The zero-order chi connectivity index (χ0) is 12.3. The number of nitrogens with one attached hydrogen (secondary N) is 1. The van der Waals surface area contributed by atoms with Gasteiger partial charge in [-0.15, -0.1) is 10.2 Å². The van der Waals surface area contributed by atoms with Gasteiger partial charge in [0, 0.05) is 12.6 Å². The fraction of sp³-hybridized carbons (Fsp3) is 0.400. The Hall–Kier alpha value is -1.89. The van der Waals surface area contributed by atoms with Crippen LogP contribution >= 0.6 is 0 Å². The third kappa shape index (κ3) is 2.62. The lowest BCUT2D eigenvalue weighted by molar-refractivity contribution is 0.507.